The Hall–Kier alpha value is -0.670. The normalized spacial score (nSPS) is 28.1. The van der Waals surface area contributed by atoms with E-state index in [1.807, 2.05) is 0 Å². The zero-order valence-electron chi connectivity index (χ0n) is 10.7. The number of nitrogen functional groups attached to an aromatic ring is 1. The highest BCUT2D eigenvalue weighted by molar-refractivity contribution is 6.37. The van der Waals surface area contributed by atoms with Crippen LogP contribution < -0.4 is 11.1 Å². The van der Waals surface area contributed by atoms with Crippen LogP contribution in [0.2, 0.25) is 10.0 Å². The Morgan fingerprint density at radius 1 is 1.17 bits per heavy atom. The molecule has 2 rings (SSSR count). The zero-order valence-corrected chi connectivity index (χ0v) is 12.2. The van der Waals surface area contributed by atoms with Gasteiger partial charge in [0.25, 0.3) is 0 Å². The van der Waals surface area contributed by atoms with Crippen LogP contribution in [0.1, 0.15) is 33.1 Å². The van der Waals surface area contributed by atoms with Crippen molar-refractivity contribution in [2.24, 2.45) is 11.8 Å². The summed E-state index contributed by atoms with van der Waals surface area (Å²) in [5.74, 6) is 2.43. The summed E-state index contributed by atoms with van der Waals surface area (Å²) in [4.78, 5) is 4.22. The molecule has 0 aromatic carbocycles. The molecule has 0 amide bonds. The smallest absolute Gasteiger partial charge is 0.147 e. The van der Waals surface area contributed by atoms with E-state index in [4.69, 9.17) is 28.9 Å². The molecule has 18 heavy (non-hydrogen) atoms. The minimum absolute atomic E-state index is 0.320. The molecule has 100 valence electrons. The largest absolute Gasteiger partial charge is 0.382 e. The number of hydrogen-bond donors (Lipinski definition) is 2. The number of aromatic nitrogens is 1. The van der Waals surface area contributed by atoms with Gasteiger partial charge in [-0.2, -0.15) is 0 Å². The topological polar surface area (TPSA) is 50.9 Å². The molecule has 0 aliphatic heterocycles. The van der Waals surface area contributed by atoms with Crippen molar-refractivity contribution < 1.29 is 0 Å². The Morgan fingerprint density at radius 2 is 1.78 bits per heavy atom. The summed E-state index contributed by atoms with van der Waals surface area (Å²) in [7, 11) is 0. The van der Waals surface area contributed by atoms with E-state index in [1.54, 1.807) is 6.07 Å². The molecule has 2 unspecified atom stereocenters. The minimum Gasteiger partial charge on any atom is -0.382 e. The molecule has 0 spiro atoms. The lowest BCUT2D eigenvalue weighted by Gasteiger charge is -2.32. The van der Waals surface area contributed by atoms with Crippen LogP contribution in [0, 0.1) is 11.8 Å². The lowest BCUT2D eigenvalue weighted by molar-refractivity contribution is 0.280. The molecule has 2 atom stereocenters. The maximum Gasteiger partial charge on any atom is 0.147 e. The lowest BCUT2D eigenvalue weighted by Crippen LogP contribution is -2.30. The predicted octanol–water partition coefficient (Wildman–Crippen LogP) is 4.21. The summed E-state index contributed by atoms with van der Waals surface area (Å²) in [6, 6.07) is 2.05. The van der Waals surface area contributed by atoms with E-state index in [1.165, 1.54) is 6.42 Å². The molecule has 1 aromatic rings. The second-order valence-electron chi connectivity index (χ2n) is 5.44. The van der Waals surface area contributed by atoms with Crippen LogP contribution in [-0.4, -0.2) is 11.0 Å². The molecular weight excluding hydrogens is 269 g/mol. The van der Waals surface area contributed by atoms with Gasteiger partial charge in [0.15, 0.2) is 0 Å². The quantitative estimate of drug-likeness (QED) is 0.857. The van der Waals surface area contributed by atoms with Gasteiger partial charge in [0.05, 0.1) is 10.0 Å². The standard InChI is InChI=1S/C13H19Cl2N3/c1-7-3-8(2)5-9(4-7)17-13-11(15)6-10(14)12(16)18-13/h6-9H,3-5H2,1-2H3,(H3,16,17,18). The van der Waals surface area contributed by atoms with Crippen LogP contribution >= 0.6 is 23.2 Å². The molecule has 1 aliphatic rings. The van der Waals surface area contributed by atoms with Gasteiger partial charge in [-0.25, -0.2) is 4.98 Å². The Balaban J connectivity index is 2.11. The number of nitrogens with zero attached hydrogens (tertiary/aromatic N) is 1. The fraction of sp³-hybridized carbons (Fsp3) is 0.615. The Labute approximate surface area is 118 Å². The molecular formula is C13H19Cl2N3. The van der Waals surface area contributed by atoms with Gasteiger partial charge in [0.2, 0.25) is 0 Å². The van der Waals surface area contributed by atoms with Crippen LogP contribution in [0.3, 0.4) is 0 Å². The maximum atomic E-state index is 6.13. The van der Waals surface area contributed by atoms with Crippen LogP contribution in [0.5, 0.6) is 0 Å². The monoisotopic (exact) mass is 287 g/mol. The minimum atomic E-state index is 0.320. The highest BCUT2D eigenvalue weighted by Crippen LogP contribution is 2.33. The first-order valence-corrected chi connectivity index (χ1v) is 7.09. The van der Waals surface area contributed by atoms with Crippen molar-refractivity contribution in [3.05, 3.63) is 16.1 Å². The first-order chi connectivity index (χ1) is 8.45. The van der Waals surface area contributed by atoms with Crippen molar-refractivity contribution in [1.82, 2.24) is 4.98 Å². The Morgan fingerprint density at radius 3 is 2.39 bits per heavy atom. The first-order valence-electron chi connectivity index (χ1n) is 6.33. The van der Waals surface area contributed by atoms with Crippen molar-refractivity contribution in [1.29, 1.82) is 0 Å². The van der Waals surface area contributed by atoms with Crippen molar-refractivity contribution in [2.45, 2.75) is 39.2 Å². The molecule has 5 heteroatoms. The average Bonchev–Trinajstić information content (AvgIpc) is 2.24. The third-order valence-corrected chi connectivity index (χ3v) is 4.07. The van der Waals surface area contributed by atoms with E-state index in [-0.39, 0.29) is 0 Å². The van der Waals surface area contributed by atoms with Gasteiger partial charge in [-0.05, 0) is 37.2 Å². The SMILES string of the molecule is CC1CC(C)CC(Nc2nc(N)c(Cl)cc2Cl)C1. The van der Waals surface area contributed by atoms with E-state index >= 15 is 0 Å². The number of halogens is 2. The second kappa shape index (κ2) is 5.54. The fourth-order valence-corrected chi connectivity index (χ4v) is 3.25. The van der Waals surface area contributed by atoms with Crippen molar-refractivity contribution >= 4 is 34.8 Å². The van der Waals surface area contributed by atoms with Crippen molar-refractivity contribution in [3.63, 3.8) is 0 Å². The lowest BCUT2D eigenvalue weighted by atomic mass is 9.80. The number of pyridine rings is 1. The van der Waals surface area contributed by atoms with E-state index in [0.717, 1.165) is 24.7 Å². The number of nitrogens with one attached hydrogen (secondary N) is 1. The molecule has 1 saturated carbocycles. The van der Waals surface area contributed by atoms with Gasteiger partial charge >= 0.3 is 0 Å². The first kappa shape index (κ1) is 13.8. The van der Waals surface area contributed by atoms with Crippen molar-refractivity contribution in [2.75, 3.05) is 11.1 Å². The van der Waals surface area contributed by atoms with Gasteiger partial charge < -0.3 is 11.1 Å². The summed E-state index contributed by atoms with van der Waals surface area (Å²) in [5, 5.41) is 4.32. The number of nitrogens with two attached hydrogens (primary N) is 1. The van der Waals surface area contributed by atoms with Crippen LogP contribution in [0.25, 0.3) is 0 Å². The van der Waals surface area contributed by atoms with Crippen molar-refractivity contribution in [3.8, 4) is 0 Å². The van der Waals surface area contributed by atoms with E-state index in [9.17, 15) is 0 Å². The van der Waals surface area contributed by atoms with E-state index in [2.05, 4.69) is 24.1 Å². The highest BCUT2D eigenvalue weighted by atomic mass is 35.5. The molecule has 1 aromatic heterocycles. The second-order valence-corrected chi connectivity index (χ2v) is 6.26. The summed E-state index contributed by atoms with van der Waals surface area (Å²) in [6.45, 7) is 4.57. The summed E-state index contributed by atoms with van der Waals surface area (Å²) < 4.78 is 0. The summed E-state index contributed by atoms with van der Waals surface area (Å²) in [5.41, 5.74) is 5.71. The number of anilines is 2. The van der Waals surface area contributed by atoms with E-state index < -0.39 is 0 Å². The third kappa shape index (κ3) is 3.21. The van der Waals surface area contributed by atoms with Gasteiger partial charge in [-0.3, -0.25) is 0 Å². The molecule has 1 fully saturated rings. The molecule has 3 N–H and O–H groups in total. The molecule has 0 saturated heterocycles. The Kier molecular flexibility index (Phi) is 4.23. The maximum absolute atomic E-state index is 6.13. The predicted molar refractivity (Wildman–Crippen MR) is 78.3 cm³/mol. The summed E-state index contributed by atoms with van der Waals surface area (Å²) in [6.07, 6.45) is 3.58. The number of hydrogen-bond acceptors (Lipinski definition) is 3. The Bertz CT molecular complexity index is 426. The molecule has 0 radical (unpaired) electrons. The van der Waals surface area contributed by atoms with Gasteiger partial charge in [-0.1, -0.05) is 37.0 Å². The molecule has 0 bridgehead atoms. The van der Waals surface area contributed by atoms with Gasteiger partial charge in [0, 0.05) is 6.04 Å². The summed E-state index contributed by atoms with van der Waals surface area (Å²) >= 11 is 12.0. The fourth-order valence-electron chi connectivity index (χ4n) is 2.84. The zero-order chi connectivity index (χ0) is 13.3. The third-order valence-electron chi connectivity index (χ3n) is 3.48. The molecule has 1 aliphatic carbocycles. The van der Waals surface area contributed by atoms with Crippen LogP contribution in [-0.2, 0) is 0 Å². The van der Waals surface area contributed by atoms with Gasteiger partial charge in [0.1, 0.15) is 11.6 Å². The average molecular weight is 288 g/mol. The van der Waals surface area contributed by atoms with Gasteiger partial charge in [-0.15, -0.1) is 0 Å². The van der Waals surface area contributed by atoms with Crippen LogP contribution in [0.4, 0.5) is 11.6 Å². The molecule has 1 heterocycles. The number of rotatable bonds is 2. The van der Waals surface area contributed by atoms with E-state index in [0.29, 0.717) is 27.7 Å². The highest BCUT2D eigenvalue weighted by Gasteiger charge is 2.24. The van der Waals surface area contributed by atoms with Crippen LogP contribution in [0.15, 0.2) is 6.07 Å². The molecule has 3 nitrogen and oxygen atoms in total.